The van der Waals surface area contributed by atoms with Gasteiger partial charge in [0.25, 0.3) is 0 Å². The van der Waals surface area contributed by atoms with Crippen LogP contribution in [0.3, 0.4) is 0 Å². The van der Waals surface area contributed by atoms with Crippen LogP contribution in [0.1, 0.15) is 16.7 Å². The lowest BCUT2D eigenvalue weighted by Gasteiger charge is -2.10. The maximum absolute atomic E-state index is 8.96. The summed E-state index contributed by atoms with van der Waals surface area (Å²) in [6.45, 7) is 0.352. The summed E-state index contributed by atoms with van der Waals surface area (Å²) >= 11 is 0. The fourth-order valence-electron chi connectivity index (χ4n) is 1.94. The molecule has 1 N–H and O–H groups in total. The number of nitrogens with zero attached hydrogens (tertiary/aromatic N) is 1. The first-order chi connectivity index (χ1) is 10.8. The van der Waals surface area contributed by atoms with Crippen molar-refractivity contribution < 1.29 is 14.6 Å². The monoisotopic (exact) mass is 295 g/mol. The van der Waals surface area contributed by atoms with Gasteiger partial charge >= 0.3 is 0 Å². The van der Waals surface area contributed by atoms with Crippen molar-refractivity contribution >= 4 is 6.08 Å². The first-order valence-corrected chi connectivity index (χ1v) is 6.84. The number of aliphatic hydroxyl groups excluding tert-OH is 1. The quantitative estimate of drug-likeness (QED) is 0.889. The van der Waals surface area contributed by atoms with Crippen molar-refractivity contribution in [1.82, 2.24) is 0 Å². The highest BCUT2D eigenvalue weighted by atomic mass is 16.5. The molecule has 0 fully saturated rings. The van der Waals surface area contributed by atoms with E-state index in [2.05, 4.69) is 6.07 Å². The Morgan fingerprint density at radius 1 is 1.18 bits per heavy atom. The summed E-state index contributed by atoms with van der Waals surface area (Å²) in [7, 11) is 1.63. The van der Waals surface area contributed by atoms with Gasteiger partial charge in [0.2, 0.25) is 0 Å². The van der Waals surface area contributed by atoms with Gasteiger partial charge in [-0.3, -0.25) is 0 Å². The molecule has 0 aliphatic carbocycles. The van der Waals surface area contributed by atoms with E-state index in [0.29, 0.717) is 17.9 Å². The van der Waals surface area contributed by atoms with Crippen molar-refractivity contribution in [3.63, 3.8) is 0 Å². The first kappa shape index (κ1) is 15.6. The maximum Gasteiger partial charge on any atom is 0.127 e. The molecule has 0 aliphatic rings. The normalized spacial score (nSPS) is 10.4. The highest BCUT2D eigenvalue weighted by Gasteiger charge is 2.04. The maximum atomic E-state index is 8.96. The lowest BCUT2D eigenvalue weighted by molar-refractivity contribution is 0.305. The summed E-state index contributed by atoms with van der Waals surface area (Å²) in [4.78, 5) is 0. The summed E-state index contributed by atoms with van der Waals surface area (Å²) in [6, 6.07) is 14.9. The zero-order chi connectivity index (χ0) is 15.8. The lowest BCUT2D eigenvalue weighted by atomic mass is 10.1. The fraction of sp³-hybridized carbons (Fsp3) is 0.167. The third-order valence-electron chi connectivity index (χ3n) is 3.10. The molecule has 0 aromatic heterocycles. The molecule has 0 saturated heterocycles. The molecule has 0 atom stereocenters. The van der Waals surface area contributed by atoms with Crippen LogP contribution in [0.25, 0.3) is 6.08 Å². The molecule has 4 nitrogen and oxygen atoms in total. The Balaban J connectivity index is 2.14. The predicted octanol–water partition coefficient (Wildman–Crippen LogP) is 3.15. The average molecular weight is 295 g/mol. The van der Waals surface area contributed by atoms with E-state index >= 15 is 0 Å². The minimum absolute atomic E-state index is 0.0608. The SMILES string of the molecule is COc1ccc(COc2ccc(C#N)cc2/C=C/CO)cc1. The number of nitriles is 1. The van der Waals surface area contributed by atoms with Gasteiger partial charge in [0.1, 0.15) is 18.1 Å². The predicted molar refractivity (Wildman–Crippen MR) is 84.6 cm³/mol. The van der Waals surface area contributed by atoms with Crippen molar-refractivity contribution in [2.24, 2.45) is 0 Å². The molecule has 2 aromatic rings. The smallest absolute Gasteiger partial charge is 0.127 e. The van der Waals surface area contributed by atoms with E-state index in [-0.39, 0.29) is 6.61 Å². The average Bonchev–Trinajstić information content (AvgIpc) is 2.58. The number of aliphatic hydroxyl groups is 1. The van der Waals surface area contributed by atoms with E-state index in [1.165, 1.54) is 0 Å². The molecule has 0 saturated carbocycles. The Hall–Kier alpha value is -2.77. The number of benzene rings is 2. The van der Waals surface area contributed by atoms with Crippen LogP contribution in [0.5, 0.6) is 11.5 Å². The number of ether oxygens (including phenoxy) is 2. The van der Waals surface area contributed by atoms with Crippen molar-refractivity contribution in [3.05, 3.63) is 65.2 Å². The molecule has 0 bridgehead atoms. The standard InChI is InChI=1S/C18H17NO3/c1-21-17-7-4-14(5-8-17)13-22-18-9-6-15(12-19)11-16(18)3-2-10-20/h2-9,11,20H,10,13H2,1H3/b3-2+. The lowest BCUT2D eigenvalue weighted by Crippen LogP contribution is -1.97. The topological polar surface area (TPSA) is 62.5 Å². The number of methoxy groups -OCH3 is 1. The Bertz CT molecular complexity index is 684. The van der Waals surface area contributed by atoms with Crippen molar-refractivity contribution in [3.8, 4) is 17.6 Å². The second-order valence-corrected chi connectivity index (χ2v) is 4.59. The van der Waals surface area contributed by atoms with Gasteiger partial charge in [-0.15, -0.1) is 0 Å². The summed E-state index contributed by atoms with van der Waals surface area (Å²) < 4.78 is 10.9. The third kappa shape index (κ3) is 4.11. The molecule has 22 heavy (non-hydrogen) atoms. The van der Waals surface area contributed by atoms with E-state index < -0.39 is 0 Å². The van der Waals surface area contributed by atoms with Crippen molar-refractivity contribution in [2.45, 2.75) is 6.61 Å². The molecule has 2 rings (SSSR count). The van der Waals surface area contributed by atoms with Crippen LogP contribution in [0, 0.1) is 11.3 Å². The van der Waals surface area contributed by atoms with Crippen LogP contribution >= 0.6 is 0 Å². The molecule has 112 valence electrons. The molecule has 0 amide bonds. The molecular weight excluding hydrogens is 278 g/mol. The second-order valence-electron chi connectivity index (χ2n) is 4.59. The van der Waals surface area contributed by atoms with Crippen LogP contribution in [-0.4, -0.2) is 18.8 Å². The molecule has 0 spiro atoms. The Morgan fingerprint density at radius 3 is 2.59 bits per heavy atom. The van der Waals surface area contributed by atoms with Crippen LogP contribution in [-0.2, 0) is 6.61 Å². The second kappa shape index (κ2) is 7.87. The number of hydrogen-bond donors (Lipinski definition) is 1. The fourth-order valence-corrected chi connectivity index (χ4v) is 1.94. The summed E-state index contributed by atoms with van der Waals surface area (Å²) in [5.41, 5.74) is 2.33. The third-order valence-corrected chi connectivity index (χ3v) is 3.10. The van der Waals surface area contributed by atoms with Crippen molar-refractivity contribution in [1.29, 1.82) is 5.26 Å². The van der Waals surface area contributed by atoms with Crippen LogP contribution in [0.15, 0.2) is 48.5 Å². The van der Waals surface area contributed by atoms with Gasteiger partial charge in [-0.25, -0.2) is 0 Å². The van der Waals surface area contributed by atoms with Crippen LogP contribution < -0.4 is 9.47 Å². The molecule has 4 heteroatoms. The highest BCUT2D eigenvalue weighted by Crippen LogP contribution is 2.23. The Morgan fingerprint density at radius 2 is 1.95 bits per heavy atom. The molecule has 0 unspecified atom stereocenters. The van der Waals surface area contributed by atoms with Gasteiger partial charge in [-0.05, 0) is 35.9 Å². The summed E-state index contributed by atoms with van der Waals surface area (Å²) in [6.07, 6.45) is 3.35. The van der Waals surface area contributed by atoms with E-state index in [0.717, 1.165) is 16.9 Å². The Kier molecular flexibility index (Phi) is 5.58. The molecule has 2 aromatic carbocycles. The van der Waals surface area contributed by atoms with Crippen LogP contribution in [0.4, 0.5) is 0 Å². The van der Waals surface area contributed by atoms with Crippen LogP contribution in [0.2, 0.25) is 0 Å². The van der Waals surface area contributed by atoms with E-state index in [9.17, 15) is 0 Å². The van der Waals surface area contributed by atoms with Gasteiger partial charge in [0.05, 0.1) is 25.3 Å². The van der Waals surface area contributed by atoms with E-state index in [1.807, 2.05) is 24.3 Å². The first-order valence-electron chi connectivity index (χ1n) is 6.84. The molecule has 0 radical (unpaired) electrons. The van der Waals surface area contributed by atoms with E-state index in [4.69, 9.17) is 19.8 Å². The Labute approximate surface area is 129 Å². The zero-order valence-electron chi connectivity index (χ0n) is 12.3. The molecule has 0 heterocycles. The van der Waals surface area contributed by atoms with E-state index in [1.54, 1.807) is 37.5 Å². The highest BCUT2D eigenvalue weighted by molar-refractivity contribution is 5.60. The van der Waals surface area contributed by atoms with Gasteiger partial charge in [0.15, 0.2) is 0 Å². The van der Waals surface area contributed by atoms with Crippen molar-refractivity contribution in [2.75, 3.05) is 13.7 Å². The van der Waals surface area contributed by atoms with Gasteiger partial charge in [0, 0.05) is 5.56 Å². The summed E-state index contributed by atoms with van der Waals surface area (Å²) in [5, 5.41) is 17.9. The number of rotatable bonds is 6. The minimum atomic E-state index is -0.0608. The molecule has 0 aliphatic heterocycles. The zero-order valence-corrected chi connectivity index (χ0v) is 12.3. The minimum Gasteiger partial charge on any atom is -0.497 e. The van der Waals surface area contributed by atoms with Gasteiger partial charge in [-0.2, -0.15) is 5.26 Å². The summed E-state index contributed by atoms with van der Waals surface area (Å²) in [5.74, 6) is 1.47. The van der Waals surface area contributed by atoms with Gasteiger partial charge in [-0.1, -0.05) is 24.3 Å². The molecular formula is C18H17NO3. The largest absolute Gasteiger partial charge is 0.497 e. The van der Waals surface area contributed by atoms with Gasteiger partial charge < -0.3 is 14.6 Å². The number of hydrogen-bond acceptors (Lipinski definition) is 4.